The molecule has 0 radical (unpaired) electrons. The fraction of sp³-hybridized carbons (Fsp3) is 0.333. The van der Waals surface area contributed by atoms with Crippen LogP contribution in [0.4, 0.5) is 0 Å². The second-order valence-corrected chi connectivity index (χ2v) is 6.02. The second-order valence-electron chi connectivity index (χ2n) is 6.02. The minimum Gasteiger partial charge on any atom is -0.504 e. The summed E-state index contributed by atoms with van der Waals surface area (Å²) in [7, 11) is 3.10. The number of phenols is 2. The molecule has 1 aliphatic carbocycles. The molecule has 1 atom stereocenters. The van der Waals surface area contributed by atoms with E-state index in [9.17, 15) is 10.2 Å². The molecule has 120 valence electrons. The number of phenolic OH excluding ortho intramolecular Hbond substituents is 2. The lowest BCUT2D eigenvalue weighted by Crippen LogP contribution is -2.33. The number of fused-ring (bicyclic) bond motifs is 2. The minimum atomic E-state index is 0.0904. The molecule has 0 fully saturated rings. The quantitative estimate of drug-likeness (QED) is 0.795. The Kier molecular flexibility index (Phi) is 3.13. The van der Waals surface area contributed by atoms with Crippen LogP contribution in [-0.4, -0.2) is 31.0 Å². The first kappa shape index (κ1) is 14.2. The number of ether oxygens (including phenoxy) is 2. The number of aromatic hydroxyl groups is 2. The van der Waals surface area contributed by atoms with Crippen LogP contribution in [0.5, 0.6) is 23.0 Å². The first-order chi connectivity index (χ1) is 11.1. The van der Waals surface area contributed by atoms with Crippen molar-refractivity contribution in [3.63, 3.8) is 0 Å². The van der Waals surface area contributed by atoms with E-state index >= 15 is 0 Å². The van der Waals surface area contributed by atoms with Crippen molar-refractivity contribution in [1.29, 1.82) is 0 Å². The standard InChI is InChI=1S/C18H19NO4/c1-22-15-7-10-5-12-16-9(3-4-19-12)6-14(21)18(23-2)17(16)11(10)8-13(15)20/h6-8,12,19-21H,3-5H2,1-2H3/t12-/m1/s1. The van der Waals surface area contributed by atoms with Crippen molar-refractivity contribution in [3.05, 3.63) is 34.9 Å². The zero-order valence-corrected chi connectivity index (χ0v) is 13.1. The van der Waals surface area contributed by atoms with Crippen LogP contribution in [-0.2, 0) is 12.8 Å². The van der Waals surface area contributed by atoms with E-state index in [1.807, 2.05) is 6.07 Å². The van der Waals surface area contributed by atoms with Gasteiger partial charge in [0.25, 0.3) is 0 Å². The Bertz CT molecular complexity index is 800. The molecule has 4 rings (SSSR count). The number of hydrogen-bond acceptors (Lipinski definition) is 5. The summed E-state index contributed by atoms with van der Waals surface area (Å²) in [6.45, 7) is 0.882. The Morgan fingerprint density at radius 2 is 1.87 bits per heavy atom. The lowest BCUT2D eigenvalue weighted by molar-refractivity contribution is 0.368. The summed E-state index contributed by atoms with van der Waals surface area (Å²) in [6, 6.07) is 5.56. The maximum Gasteiger partial charge on any atom is 0.168 e. The van der Waals surface area contributed by atoms with Crippen molar-refractivity contribution < 1.29 is 19.7 Å². The van der Waals surface area contributed by atoms with Crippen LogP contribution in [0.2, 0.25) is 0 Å². The summed E-state index contributed by atoms with van der Waals surface area (Å²) >= 11 is 0. The molecule has 0 aromatic heterocycles. The Labute approximate surface area is 134 Å². The minimum absolute atomic E-state index is 0.0904. The molecule has 0 bridgehead atoms. The normalized spacial score (nSPS) is 18.1. The average Bonchev–Trinajstić information content (AvgIpc) is 2.55. The molecule has 5 heteroatoms. The number of methoxy groups -OCH3 is 2. The molecule has 2 aromatic rings. The van der Waals surface area contributed by atoms with Crippen LogP contribution in [0.15, 0.2) is 18.2 Å². The first-order valence-electron chi connectivity index (χ1n) is 7.70. The van der Waals surface area contributed by atoms with Gasteiger partial charge in [0, 0.05) is 11.6 Å². The number of benzene rings is 2. The highest BCUT2D eigenvalue weighted by Gasteiger charge is 2.34. The predicted octanol–water partition coefficient (Wildman–Crippen LogP) is 2.52. The second kappa shape index (κ2) is 5.06. The summed E-state index contributed by atoms with van der Waals surface area (Å²) in [5, 5.41) is 24.1. The molecule has 5 nitrogen and oxygen atoms in total. The van der Waals surface area contributed by atoms with Gasteiger partial charge in [-0.3, -0.25) is 0 Å². The van der Waals surface area contributed by atoms with Gasteiger partial charge in [0.05, 0.1) is 14.2 Å². The zero-order chi connectivity index (χ0) is 16.1. The summed E-state index contributed by atoms with van der Waals surface area (Å²) in [5.41, 5.74) is 5.15. The maximum absolute atomic E-state index is 10.4. The monoisotopic (exact) mass is 313 g/mol. The molecule has 2 aliphatic rings. The van der Waals surface area contributed by atoms with Gasteiger partial charge in [0.15, 0.2) is 23.0 Å². The lowest BCUT2D eigenvalue weighted by atomic mass is 9.77. The van der Waals surface area contributed by atoms with Crippen LogP contribution >= 0.6 is 0 Å². The summed E-state index contributed by atoms with van der Waals surface area (Å²) < 4.78 is 10.7. The van der Waals surface area contributed by atoms with Crippen LogP contribution in [0.3, 0.4) is 0 Å². The van der Waals surface area contributed by atoms with E-state index < -0.39 is 0 Å². The number of rotatable bonds is 2. The highest BCUT2D eigenvalue weighted by atomic mass is 16.5. The van der Waals surface area contributed by atoms with Crippen molar-refractivity contribution in [3.8, 4) is 34.1 Å². The topological polar surface area (TPSA) is 71.0 Å². The Morgan fingerprint density at radius 3 is 2.61 bits per heavy atom. The van der Waals surface area contributed by atoms with E-state index in [2.05, 4.69) is 5.32 Å². The van der Waals surface area contributed by atoms with Crippen LogP contribution < -0.4 is 14.8 Å². The number of hydrogen-bond donors (Lipinski definition) is 3. The zero-order valence-electron chi connectivity index (χ0n) is 13.1. The Morgan fingerprint density at radius 1 is 1.04 bits per heavy atom. The van der Waals surface area contributed by atoms with E-state index in [-0.39, 0.29) is 17.5 Å². The summed E-state index contributed by atoms with van der Waals surface area (Å²) in [6.07, 6.45) is 1.69. The molecule has 0 saturated carbocycles. The van der Waals surface area contributed by atoms with E-state index in [1.165, 1.54) is 5.56 Å². The fourth-order valence-corrected chi connectivity index (χ4v) is 3.85. The fourth-order valence-electron chi connectivity index (χ4n) is 3.85. The Hall–Kier alpha value is -2.40. The molecule has 2 aromatic carbocycles. The van der Waals surface area contributed by atoms with Gasteiger partial charge >= 0.3 is 0 Å². The van der Waals surface area contributed by atoms with Gasteiger partial charge in [0.1, 0.15) is 0 Å². The van der Waals surface area contributed by atoms with Crippen molar-refractivity contribution in [1.82, 2.24) is 5.32 Å². The van der Waals surface area contributed by atoms with Crippen molar-refractivity contribution in [2.75, 3.05) is 20.8 Å². The molecular weight excluding hydrogens is 294 g/mol. The summed E-state index contributed by atoms with van der Waals surface area (Å²) in [5.74, 6) is 1.16. The van der Waals surface area contributed by atoms with E-state index in [4.69, 9.17) is 9.47 Å². The van der Waals surface area contributed by atoms with Gasteiger partial charge in [-0.05, 0) is 59.8 Å². The molecule has 0 saturated heterocycles. The van der Waals surface area contributed by atoms with Gasteiger partial charge in [-0.25, -0.2) is 0 Å². The lowest BCUT2D eigenvalue weighted by Gasteiger charge is -2.35. The molecule has 3 N–H and O–H groups in total. The SMILES string of the molecule is COc1cc2c(cc1O)-c1c(OC)c(O)cc3c1[C@@H](C2)NCC3. The maximum atomic E-state index is 10.4. The van der Waals surface area contributed by atoms with Gasteiger partial charge in [-0.2, -0.15) is 0 Å². The molecule has 1 heterocycles. The van der Waals surface area contributed by atoms with Crippen molar-refractivity contribution >= 4 is 0 Å². The van der Waals surface area contributed by atoms with E-state index in [0.717, 1.165) is 41.6 Å². The van der Waals surface area contributed by atoms with E-state index in [0.29, 0.717) is 11.5 Å². The summed E-state index contributed by atoms with van der Waals surface area (Å²) in [4.78, 5) is 0. The highest BCUT2D eigenvalue weighted by Crippen LogP contribution is 2.52. The molecular formula is C18H19NO4. The van der Waals surface area contributed by atoms with Crippen LogP contribution in [0.1, 0.15) is 22.7 Å². The van der Waals surface area contributed by atoms with Crippen LogP contribution in [0.25, 0.3) is 11.1 Å². The van der Waals surface area contributed by atoms with Crippen molar-refractivity contribution in [2.45, 2.75) is 18.9 Å². The third-order valence-electron chi connectivity index (χ3n) is 4.82. The van der Waals surface area contributed by atoms with Gasteiger partial charge in [-0.1, -0.05) is 0 Å². The molecule has 0 amide bonds. The predicted molar refractivity (Wildman–Crippen MR) is 86.5 cm³/mol. The average molecular weight is 313 g/mol. The highest BCUT2D eigenvalue weighted by molar-refractivity contribution is 5.84. The molecule has 23 heavy (non-hydrogen) atoms. The molecule has 1 aliphatic heterocycles. The third-order valence-corrected chi connectivity index (χ3v) is 4.82. The Balaban J connectivity index is 2.06. The van der Waals surface area contributed by atoms with Gasteiger partial charge in [-0.15, -0.1) is 0 Å². The first-order valence-corrected chi connectivity index (χ1v) is 7.70. The number of nitrogens with one attached hydrogen (secondary N) is 1. The van der Waals surface area contributed by atoms with Crippen molar-refractivity contribution in [2.24, 2.45) is 0 Å². The third kappa shape index (κ3) is 1.96. The molecule has 0 spiro atoms. The smallest absolute Gasteiger partial charge is 0.168 e. The molecule has 0 unspecified atom stereocenters. The largest absolute Gasteiger partial charge is 0.504 e. The van der Waals surface area contributed by atoms with Crippen LogP contribution in [0, 0.1) is 0 Å². The van der Waals surface area contributed by atoms with E-state index in [1.54, 1.807) is 26.4 Å². The van der Waals surface area contributed by atoms with Gasteiger partial charge in [0.2, 0.25) is 0 Å². The van der Waals surface area contributed by atoms with Gasteiger partial charge < -0.3 is 25.0 Å².